The number of hydrogen-bond donors (Lipinski definition) is 2. The standard InChI is InChI=1S/C20H25N3O2S/c1-3-12-21-20(25)22-19(24)15-23(14-18-10-9-16(2)26-18)13-11-17-7-5-4-6-8-17/h3-10H,1,11-15H2,2H3,(H2,21,22,24,25). The fraction of sp³-hybridized carbons (Fsp3) is 0.300. The topological polar surface area (TPSA) is 61.4 Å². The average molecular weight is 372 g/mol. The molecule has 6 heteroatoms. The number of urea groups is 1. The minimum Gasteiger partial charge on any atom is -0.334 e. The van der Waals surface area contributed by atoms with Gasteiger partial charge in [0.25, 0.3) is 0 Å². The molecule has 0 aliphatic rings. The van der Waals surface area contributed by atoms with Crippen LogP contribution in [0.25, 0.3) is 0 Å². The van der Waals surface area contributed by atoms with E-state index in [1.54, 1.807) is 17.4 Å². The first-order valence-corrected chi connectivity index (χ1v) is 9.38. The third kappa shape index (κ3) is 7.21. The van der Waals surface area contributed by atoms with Gasteiger partial charge >= 0.3 is 6.03 Å². The summed E-state index contributed by atoms with van der Waals surface area (Å²) in [4.78, 5) is 28.3. The van der Waals surface area contributed by atoms with Crippen LogP contribution in [-0.2, 0) is 17.8 Å². The van der Waals surface area contributed by atoms with E-state index in [9.17, 15) is 9.59 Å². The lowest BCUT2D eigenvalue weighted by Gasteiger charge is -2.21. The highest BCUT2D eigenvalue weighted by Crippen LogP contribution is 2.17. The summed E-state index contributed by atoms with van der Waals surface area (Å²) in [7, 11) is 0. The zero-order valence-corrected chi connectivity index (χ0v) is 15.8. The molecule has 0 saturated heterocycles. The van der Waals surface area contributed by atoms with Gasteiger partial charge in [-0.25, -0.2) is 4.79 Å². The molecular weight excluding hydrogens is 346 g/mol. The molecule has 138 valence electrons. The van der Waals surface area contributed by atoms with Gasteiger partial charge < -0.3 is 5.32 Å². The van der Waals surface area contributed by atoms with Gasteiger partial charge in [0.05, 0.1) is 6.54 Å². The lowest BCUT2D eigenvalue weighted by atomic mass is 10.1. The minimum absolute atomic E-state index is 0.172. The lowest BCUT2D eigenvalue weighted by Crippen LogP contribution is -2.44. The van der Waals surface area contributed by atoms with E-state index >= 15 is 0 Å². The van der Waals surface area contributed by atoms with Crippen molar-refractivity contribution in [1.82, 2.24) is 15.5 Å². The molecule has 2 aromatic rings. The van der Waals surface area contributed by atoms with Gasteiger partial charge in [0, 0.05) is 29.4 Å². The Labute approximate surface area is 158 Å². The summed E-state index contributed by atoms with van der Waals surface area (Å²) in [5.74, 6) is -0.312. The summed E-state index contributed by atoms with van der Waals surface area (Å²) in [5.41, 5.74) is 1.23. The predicted octanol–water partition coefficient (Wildman–Crippen LogP) is 3.11. The van der Waals surface area contributed by atoms with Gasteiger partial charge in [-0.2, -0.15) is 0 Å². The normalized spacial score (nSPS) is 10.5. The Morgan fingerprint density at radius 3 is 2.62 bits per heavy atom. The molecule has 26 heavy (non-hydrogen) atoms. The first-order valence-electron chi connectivity index (χ1n) is 8.57. The zero-order valence-electron chi connectivity index (χ0n) is 15.0. The van der Waals surface area contributed by atoms with Gasteiger partial charge in [-0.15, -0.1) is 17.9 Å². The Bertz CT molecular complexity index is 728. The molecule has 0 radical (unpaired) electrons. The number of carbonyl (C=O) groups excluding carboxylic acids is 2. The second-order valence-corrected chi connectivity index (χ2v) is 7.38. The predicted molar refractivity (Wildman–Crippen MR) is 106 cm³/mol. The SMILES string of the molecule is C=CCNC(=O)NC(=O)CN(CCc1ccccc1)Cc1ccc(C)s1. The molecule has 5 nitrogen and oxygen atoms in total. The number of imide groups is 1. The van der Waals surface area contributed by atoms with Crippen molar-refractivity contribution in [2.24, 2.45) is 0 Å². The lowest BCUT2D eigenvalue weighted by molar-refractivity contribution is -0.121. The van der Waals surface area contributed by atoms with Crippen molar-refractivity contribution in [3.63, 3.8) is 0 Å². The second-order valence-electron chi connectivity index (χ2n) is 6.01. The number of hydrogen-bond acceptors (Lipinski definition) is 4. The van der Waals surface area contributed by atoms with E-state index in [2.05, 4.69) is 53.3 Å². The molecule has 2 rings (SSSR count). The van der Waals surface area contributed by atoms with Gasteiger partial charge in [-0.05, 0) is 31.0 Å². The third-order valence-electron chi connectivity index (χ3n) is 3.76. The van der Waals surface area contributed by atoms with Gasteiger partial charge in [-0.1, -0.05) is 36.4 Å². The molecule has 0 bridgehead atoms. The molecule has 1 heterocycles. The van der Waals surface area contributed by atoms with Gasteiger partial charge in [0.15, 0.2) is 0 Å². The van der Waals surface area contributed by atoms with Crippen molar-refractivity contribution in [1.29, 1.82) is 0 Å². The molecular formula is C20H25N3O2S. The molecule has 0 aliphatic carbocycles. The summed E-state index contributed by atoms with van der Waals surface area (Å²) in [5, 5.41) is 4.90. The zero-order chi connectivity index (χ0) is 18.8. The smallest absolute Gasteiger partial charge is 0.321 e. The van der Waals surface area contributed by atoms with Crippen molar-refractivity contribution in [3.8, 4) is 0 Å². The summed E-state index contributed by atoms with van der Waals surface area (Å²) in [6.45, 7) is 7.52. The summed E-state index contributed by atoms with van der Waals surface area (Å²) >= 11 is 1.73. The Hall–Kier alpha value is -2.44. The summed E-state index contributed by atoms with van der Waals surface area (Å²) < 4.78 is 0. The van der Waals surface area contributed by atoms with Crippen LogP contribution in [0, 0.1) is 6.92 Å². The maximum atomic E-state index is 12.2. The molecule has 0 aliphatic heterocycles. The molecule has 0 spiro atoms. The van der Waals surface area contributed by atoms with Crippen LogP contribution in [-0.4, -0.2) is 36.5 Å². The van der Waals surface area contributed by atoms with Crippen LogP contribution >= 0.6 is 11.3 Å². The Morgan fingerprint density at radius 1 is 1.19 bits per heavy atom. The van der Waals surface area contributed by atoms with E-state index in [-0.39, 0.29) is 12.5 Å². The van der Waals surface area contributed by atoms with Crippen molar-refractivity contribution < 1.29 is 9.59 Å². The van der Waals surface area contributed by atoms with Crippen molar-refractivity contribution in [2.45, 2.75) is 19.9 Å². The van der Waals surface area contributed by atoms with Crippen LogP contribution in [0.1, 0.15) is 15.3 Å². The number of carbonyl (C=O) groups is 2. The van der Waals surface area contributed by atoms with Crippen LogP contribution in [0.5, 0.6) is 0 Å². The number of rotatable bonds is 9. The van der Waals surface area contributed by atoms with E-state index in [0.29, 0.717) is 13.1 Å². The minimum atomic E-state index is -0.495. The highest BCUT2D eigenvalue weighted by Gasteiger charge is 2.14. The number of aryl methyl sites for hydroxylation is 1. The molecule has 1 aromatic carbocycles. The Morgan fingerprint density at radius 2 is 1.96 bits per heavy atom. The number of nitrogens with zero attached hydrogens (tertiary/aromatic N) is 1. The van der Waals surface area contributed by atoms with Crippen LogP contribution < -0.4 is 10.6 Å². The van der Waals surface area contributed by atoms with Crippen molar-refractivity contribution >= 4 is 23.3 Å². The molecule has 2 N–H and O–H groups in total. The van der Waals surface area contributed by atoms with Gasteiger partial charge in [-0.3, -0.25) is 15.0 Å². The Kier molecular flexibility index (Phi) is 8.05. The maximum Gasteiger partial charge on any atom is 0.321 e. The van der Waals surface area contributed by atoms with Crippen molar-refractivity contribution in [3.05, 3.63) is 70.4 Å². The average Bonchev–Trinajstić information content (AvgIpc) is 3.03. The number of thiophene rings is 1. The number of nitrogens with one attached hydrogen (secondary N) is 2. The van der Waals surface area contributed by atoms with E-state index < -0.39 is 6.03 Å². The van der Waals surface area contributed by atoms with Crippen LogP contribution in [0.4, 0.5) is 4.79 Å². The van der Waals surface area contributed by atoms with E-state index in [1.807, 2.05) is 18.2 Å². The highest BCUT2D eigenvalue weighted by atomic mass is 32.1. The van der Waals surface area contributed by atoms with Crippen molar-refractivity contribution in [2.75, 3.05) is 19.6 Å². The molecule has 1 aromatic heterocycles. The number of benzene rings is 1. The first-order chi connectivity index (χ1) is 12.6. The first kappa shape index (κ1) is 19.9. The quantitative estimate of drug-likeness (QED) is 0.666. The molecule has 0 fully saturated rings. The van der Waals surface area contributed by atoms with Crippen LogP contribution in [0.15, 0.2) is 55.1 Å². The van der Waals surface area contributed by atoms with Gasteiger partial charge in [0.1, 0.15) is 0 Å². The third-order valence-corrected chi connectivity index (χ3v) is 4.75. The maximum absolute atomic E-state index is 12.2. The van der Waals surface area contributed by atoms with E-state index in [0.717, 1.165) is 13.0 Å². The van der Waals surface area contributed by atoms with Crippen LogP contribution in [0.2, 0.25) is 0 Å². The fourth-order valence-electron chi connectivity index (χ4n) is 2.51. The monoisotopic (exact) mass is 371 g/mol. The molecule has 3 amide bonds. The fourth-order valence-corrected chi connectivity index (χ4v) is 3.45. The van der Waals surface area contributed by atoms with Gasteiger partial charge in [0.2, 0.25) is 5.91 Å². The van der Waals surface area contributed by atoms with E-state index in [1.165, 1.54) is 15.3 Å². The summed E-state index contributed by atoms with van der Waals surface area (Å²) in [6.07, 6.45) is 2.41. The second kappa shape index (κ2) is 10.5. The summed E-state index contributed by atoms with van der Waals surface area (Å²) in [6, 6.07) is 13.8. The molecule has 0 unspecified atom stereocenters. The number of amides is 3. The molecule has 0 saturated carbocycles. The van der Waals surface area contributed by atoms with Crippen LogP contribution in [0.3, 0.4) is 0 Å². The largest absolute Gasteiger partial charge is 0.334 e. The molecule has 0 atom stereocenters. The van der Waals surface area contributed by atoms with E-state index in [4.69, 9.17) is 0 Å². The highest BCUT2D eigenvalue weighted by molar-refractivity contribution is 7.11. The Balaban J connectivity index is 1.93.